The minimum Gasteiger partial charge on any atom is -0.409 e. The molecule has 0 aliphatic heterocycles. The molecular formula is C10H17N5O2. The fourth-order valence-corrected chi connectivity index (χ4v) is 1.28. The van der Waals surface area contributed by atoms with E-state index in [0.29, 0.717) is 13.0 Å². The summed E-state index contributed by atoms with van der Waals surface area (Å²) in [6, 6.07) is 1.89. The molecule has 0 saturated heterocycles. The molecule has 0 bridgehead atoms. The van der Waals surface area contributed by atoms with E-state index >= 15 is 0 Å². The highest BCUT2D eigenvalue weighted by atomic mass is 16.4. The molecule has 1 unspecified atom stereocenters. The van der Waals surface area contributed by atoms with Crippen LogP contribution in [0.5, 0.6) is 0 Å². The van der Waals surface area contributed by atoms with Crippen LogP contribution >= 0.6 is 0 Å². The third kappa shape index (κ3) is 3.78. The summed E-state index contributed by atoms with van der Waals surface area (Å²) in [5.74, 6) is -1.000. The average Bonchev–Trinajstić information content (AvgIpc) is 2.72. The molecule has 0 aromatic carbocycles. The van der Waals surface area contributed by atoms with Crippen molar-refractivity contribution in [2.75, 3.05) is 6.54 Å². The highest BCUT2D eigenvalue weighted by Gasteiger charge is 2.16. The highest BCUT2D eigenvalue weighted by molar-refractivity contribution is 6.01. The van der Waals surface area contributed by atoms with Crippen molar-refractivity contribution in [3.63, 3.8) is 0 Å². The Labute approximate surface area is 99.3 Å². The Hall–Kier alpha value is -2.05. The second-order valence-corrected chi connectivity index (χ2v) is 3.77. The number of carbonyl (C=O) groups is 1. The summed E-state index contributed by atoms with van der Waals surface area (Å²) < 4.78 is 1.70. The maximum Gasteiger partial charge on any atom is 0.230 e. The van der Waals surface area contributed by atoms with Gasteiger partial charge in [-0.1, -0.05) is 5.16 Å². The van der Waals surface area contributed by atoms with Crippen LogP contribution in [0.25, 0.3) is 0 Å². The Morgan fingerprint density at radius 3 is 3.00 bits per heavy atom. The molecule has 1 aromatic heterocycles. The van der Waals surface area contributed by atoms with Crippen LogP contribution in [0.4, 0.5) is 0 Å². The van der Waals surface area contributed by atoms with Crippen molar-refractivity contribution in [2.45, 2.75) is 13.3 Å². The molecule has 7 nitrogen and oxygen atoms in total. The van der Waals surface area contributed by atoms with Gasteiger partial charge in [-0.25, -0.2) is 0 Å². The first kappa shape index (κ1) is 13.0. The molecule has 0 aliphatic carbocycles. The zero-order valence-corrected chi connectivity index (χ0v) is 9.92. The van der Waals surface area contributed by atoms with E-state index in [4.69, 9.17) is 10.9 Å². The molecule has 1 atom stereocenters. The van der Waals surface area contributed by atoms with Crippen molar-refractivity contribution in [3.8, 4) is 0 Å². The number of nitrogens with one attached hydrogen (secondary N) is 1. The summed E-state index contributed by atoms with van der Waals surface area (Å²) in [4.78, 5) is 11.5. The number of hydrogen-bond donors (Lipinski definition) is 3. The van der Waals surface area contributed by atoms with Gasteiger partial charge < -0.3 is 16.3 Å². The van der Waals surface area contributed by atoms with E-state index in [1.165, 1.54) is 0 Å². The molecule has 0 fully saturated rings. The number of nitrogens with zero attached hydrogens (tertiary/aromatic N) is 3. The van der Waals surface area contributed by atoms with E-state index in [0.717, 1.165) is 5.69 Å². The molecule has 4 N–H and O–H groups in total. The fourth-order valence-electron chi connectivity index (χ4n) is 1.28. The van der Waals surface area contributed by atoms with Crippen LogP contribution in [0.3, 0.4) is 0 Å². The van der Waals surface area contributed by atoms with E-state index < -0.39 is 5.92 Å². The molecule has 1 heterocycles. The van der Waals surface area contributed by atoms with E-state index in [2.05, 4.69) is 15.6 Å². The SMILES string of the molecule is CC(C(=O)NCCc1ccn(C)n1)/C(N)=N/O. The molecular weight excluding hydrogens is 222 g/mol. The van der Waals surface area contributed by atoms with E-state index in [1.54, 1.807) is 11.6 Å². The third-order valence-corrected chi connectivity index (χ3v) is 2.40. The van der Waals surface area contributed by atoms with Gasteiger partial charge in [0.15, 0.2) is 5.84 Å². The number of aromatic nitrogens is 2. The van der Waals surface area contributed by atoms with E-state index in [-0.39, 0.29) is 11.7 Å². The lowest BCUT2D eigenvalue weighted by Gasteiger charge is -2.09. The first-order valence-electron chi connectivity index (χ1n) is 5.28. The largest absolute Gasteiger partial charge is 0.409 e. The van der Waals surface area contributed by atoms with E-state index in [1.807, 2.05) is 19.3 Å². The fraction of sp³-hybridized carbons (Fsp3) is 0.500. The van der Waals surface area contributed by atoms with Crippen molar-refractivity contribution in [1.82, 2.24) is 15.1 Å². The van der Waals surface area contributed by atoms with Gasteiger partial charge in [-0.3, -0.25) is 9.48 Å². The number of rotatable bonds is 5. The third-order valence-electron chi connectivity index (χ3n) is 2.40. The van der Waals surface area contributed by atoms with Gasteiger partial charge in [0.1, 0.15) is 0 Å². The first-order chi connectivity index (χ1) is 8.04. The summed E-state index contributed by atoms with van der Waals surface area (Å²) in [7, 11) is 1.84. The predicted octanol–water partition coefficient (Wildman–Crippen LogP) is -0.539. The lowest BCUT2D eigenvalue weighted by atomic mass is 10.1. The van der Waals surface area contributed by atoms with Crippen molar-refractivity contribution in [2.24, 2.45) is 23.9 Å². The molecule has 0 aliphatic rings. The number of nitrogens with two attached hydrogens (primary N) is 1. The zero-order chi connectivity index (χ0) is 12.8. The molecule has 1 amide bonds. The summed E-state index contributed by atoms with van der Waals surface area (Å²) in [6.45, 7) is 2.05. The topological polar surface area (TPSA) is 106 Å². The minimum atomic E-state index is -0.635. The normalized spacial score (nSPS) is 13.4. The van der Waals surface area contributed by atoms with Gasteiger partial charge in [-0.2, -0.15) is 5.10 Å². The number of oxime groups is 1. The quantitative estimate of drug-likeness (QED) is 0.278. The van der Waals surface area contributed by atoms with Crippen molar-refractivity contribution in [1.29, 1.82) is 0 Å². The van der Waals surface area contributed by atoms with Crippen molar-refractivity contribution < 1.29 is 10.0 Å². The predicted molar refractivity (Wildman–Crippen MR) is 62.5 cm³/mol. The lowest BCUT2D eigenvalue weighted by molar-refractivity contribution is -0.122. The van der Waals surface area contributed by atoms with Crippen LogP contribution in [0.1, 0.15) is 12.6 Å². The highest BCUT2D eigenvalue weighted by Crippen LogP contribution is 1.97. The monoisotopic (exact) mass is 239 g/mol. The number of hydrogen-bond acceptors (Lipinski definition) is 4. The van der Waals surface area contributed by atoms with Crippen molar-refractivity contribution in [3.05, 3.63) is 18.0 Å². The first-order valence-corrected chi connectivity index (χ1v) is 5.28. The lowest BCUT2D eigenvalue weighted by Crippen LogP contribution is -2.38. The van der Waals surface area contributed by atoms with Gasteiger partial charge in [0.2, 0.25) is 5.91 Å². The van der Waals surface area contributed by atoms with Gasteiger partial charge >= 0.3 is 0 Å². The second kappa shape index (κ2) is 5.88. The van der Waals surface area contributed by atoms with Crippen molar-refractivity contribution >= 4 is 11.7 Å². The summed E-state index contributed by atoms with van der Waals surface area (Å²) >= 11 is 0. The summed E-state index contributed by atoms with van der Waals surface area (Å²) in [6.07, 6.45) is 2.49. The molecule has 7 heteroatoms. The molecule has 0 saturated carbocycles. The second-order valence-electron chi connectivity index (χ2n) is 3.77. The summed E-state index contributed by atoms with van der Waals surface area (Å²) in [5.41, 5.74) is 6.23. The van der Waals surface area contributed by atoms with Crippen LogP contribution in [0.15, 0.2) is 17.4 Å². The number of aryl methyl sites for hydroxylation is 1. The molecule has 0 radical (unpaired) electrons. The van der Waals surface area contributed by atoms with Crippen LogP contribution in [0.2, 0.25) is 0 Å². The Kier molecular flexibility index (Phi) is 4.50. The Balaban J connectivity index is 2.34. The number of carbonyl (C=O) groups excluding carboxylic acids is 1. The van der Waals surface area contributed by atoms with Gasteiger partial charge in [-0.05, 0) is 13.0 Å². The standard InChI is InChI=1S/C10H17N5O2/c1-7(9(11)14-17)10(16)12-5-3-8-4-6-15(2)13-8/h4,6-7,17H,3,5H2,1-2H3,(H2,11,14)(H,12,16). The summed E-state index contributed by atoms with van der Waals surface area (Å²) in [5, 5.41) is 18.1. The van der Waals surface area contributed by atoms with Crippen LogP contribution in [-0.2, 0) is 18.3 Å². The van der Waals surface area contributed by atoms with Crippen LogP contribution < -0.4 is 11.1 Å². The maximum absolute atomic E-state index is 11.5. The van der Waals surface area contributed by atoms with Gasteiger partial charge in [-0.15, -0.1) is 0 Å². The Morgan fingerprint density at radius 1 is 1.76 bits per heavy atom. The molecule has 17 heavy (non-hydrogen) atoms. The minimum absolute atomic E-state index is 0.0969. The van der Waals surface area contributed by atoms with Gasteiger partial charge in [0, 0.05) is 26.2 Å². The van der Waals surface area contributed by atoms with E-state index in [9.17, 15) is 4.79 Å². The molecule has 1 rings (SSSR count). The Bertz CT molecular complexity index is 413. The molecule has 1 aromatic rings. The Morgan fingerprint density at radius 2 is 2.47 bits per heavy atom. The van der Waals surface area contributed by atoms with Crippen LogP contribution in [-0.4, -0.2) is 33.3 Å². The van der Waals surface area contributed by atoms with Crippen LogP contribution in [0, 0.1) is 5.92 Å². The number of amidine groups is 1. The zero-order valence-electron chi connectivity index (χ0n) is 9.92. The maximum atomic E-state index is 11.5. The molecule has 0 spiro atoms. The smallest absolute Gasteiger partial charge is 0.230 e. The van der Waals surface area contributed by atoms with Gasteiger partial charge in [0.25, 0.3) is 0 Å². The number of amides is 1. The van der Waals surface area contributed by atoms with Gasteiger partial charge in [0.05, 0.1) is 11.6 Å². The molecule has 94 valence electrons. The average molecular weight is 239 g/mol.